The van der Waals surface area contributed by atoms with Crippen molar-refractivity contribution in [3.05, 3.63) is 40.8 Å². The third-order valence-electron chi connectivity index (χ3n) is 5.08. The van der Waals surface area contributed by atoms with Gasteiger partial charge in [0, 0.05) is 24.8 Å². The van der Waals surface area contributed by atoms with E-state index in [2.05, 4.69) is 42.1 Å². The normalized spacial score (nSPS) is 24.2. The van der Waals surface area contributed by atoms with E-state index in [0.717, 1.165) is 42.9 Å². The number of thioether (sulfide) groups is 1. The molecule has 2 N–H and O–H groups in total. The van der Waals surface area contributed by atoms with Crippen LogP contribution in [0.2, 0.25) is 0 Å². The average molecular weight is 368 g/mol. The lowest BCUT2D eigenvalue weighted by Crippen LogP contribution is -2.54. The predicted octanol–water partition coefficient (Wildman–Crippen LogP) is 3.62. The summed E-state index contributed by atoms with van der Waals surface area (Å²) in [5, 5.41) is 11.5. The minimum Gasteiger partial charge on any atom is -0.369 e. The summed E-state index contributed by atoms with van der Waals surface area (Å²) in [6.07, 6.45) is 1.85. The molecule has 1 aromatic rings. The molecule has 3 rings (SSSR count). The highest BCUT2D eigenvalue weighted by molar-refractivity contribution is 8.02. The molecule has 136 valence electrons. The Balaban J connectivity index is 1.76. The second kappa shape index (κ2) is 7.55. The van der Waals surface area contributed by atoms with E-state index in [1.807, 2.05) is 24.3 Å². The van der Waals surface area contributed by atoms with Crippen LogP contribution in [0.1, 0.15) is 44.7 Å². The van der Waals surface area contributed by atoms with Crippen molar-refractivity contribution < 1.29 is 0 Å². The summed E-state index contributed by atoms with van der Waals surface area (Å²) in [5.41, 5.74) is 8.85. The molecule has 0 saturated heterocycles. The van der Waals surface area contributed by atoms with Gasteiger partial charge >= 0.3 is 0 Å². The maximum absolute atomic E-state index is 9.07. The van der Waals surface area contributed by atoms with Crippen molar-refractivity contribution in [3.63, 3.8) is 0 Å². The molecule has 5 nitrogen and oxygen atoms in total. The molecule has 2 atom stereocenters. The fraction of sp³-hybridized carbons (Fsp3) is 0.450. The number of benzene rings is 1. The monoisotopic (exact) mass is 367 g/mol. The van der Waals surface area contributed by atoms with Gasteiger partial charge in [0.05, 0.1) is 17.2 Å². The largest absolute Gasteiger partial charge is 0.369 e. The van der Waals surface area contributed by atoms with Crippen molar-refractivity contribution in [2.45, 2.75) is 44.4 Å². The van der Waals surface area contributed by atoms with Crippen LogP contribution in [0.15, 0.2) is 39.7 Å². The first kappa shape index (κ1) is 18.5. The number of hydrogen-bond donors (Lipinski definition) is 1. The Morgan fingerprint density at radius 3 is 3.08 bits per heavy atom. The summed E-state index contributed by atoms with van der Waals surface area (Å²) >= 11 is 1.76. The van der Waals surface area contributed by atoms with E-state index in [-0.39, 0.29) is 10.8 Å². The molecule has 1 aromatic carbocycles. The Bertz CT molecular complexity index is 820. The fourth-order valence-corrected chi connectivity index (χ4v) is 4.19. The highest BCUT2D eigenvalue weighted by Gasteiger charge is 2.39. The second-order valence-electron chi connectivity index (χ2n) is 7.08. The molecule has 2 aliphatic rings. The minimum absolute atomic E-state index is 0.252. The number of nitrogens with two attached hydrogens (primary N) is 1. The zero-order chi connectivity index (χ0) is 18.7. The third kappa shape index (κ3) is 3.78. The van der Waals surface area contributed by atoms with Crippen molar-refractivity contribution in [2.75, 3.05) is 13.1 Å². The van der Waals surface area contributed by atoms with Crippen LogP contribution in [0.4, 0.5) is 0 Å². The zero-order valence-corrected chi connectivity index (χ0v) is 16.4. The van der Waals surface area contributed by atoms with Crippen LogP contribution in [0, 0.1) is 11.3 Å². The standard InChI is InChI=1S/C20H25N5S/c1-14(17-7-4-6-16(10-17)12-21)13-26-15(2)20(3)11-18-23-8-5-9-25(18)19(22)24-20/h4,6-7,10,13,15H,5,8-9,11H2,1-3H3,(H2,22,24)/b14-13+/t15?,20-/m0/s1. The average Bonchev–Trinajstić information content (AvgIpc) is 2.65. The molecular formula is C20H25N5S. The smallest absolute Gasteiger partial charge is 0.197 e. The van der Waals surface area contributed by atoms with Crippen LogP contribution in [0.5, 0.6) is 0 Å². The van der Waals surface area contributed by atoms with Crippen molar-refractivity contribution in [1.82, 2.24) is 4.90 Å². The van der Waals surface area contributed by atoms with E-state index in [1.54, 1.807) is 11.8 Å². The highest BCUT2D eigenvalue weighted by Crippen LogP contribution is 2.35. The van der Waals surface area contributed by atoms with Gasteiger partial charge in [-0.05, 0) is 48.9 Å². The number of nitriles is 1. The third-order valence-corrected chi connectivity index (χ3v) is 6.49. The van der Waals surface area contributed by atoms with Gasteiger partial charge in [0.25, 0.3) is 0 Å². The maximum atomic E-state index is 9.07. The van der Waals surface area contributed by atoms with Gasteiger partial charge in [-0.3, -0.25) is 4.99 Å². The van der Waals surface area contributed by atoms with Gasteiger partial charge in [0.1, 0.15) is 5.84 Å². The van der Waals surface area contributed by atoms with Crippen LogP contribution >= 0.6 is 11.8 Å². The molecular weight excluding hydrogens is 342 g/mol. The summed E-state index contributed by atoms with van der Waals surface area (Å²) in [5.74, 6) is 1.66. The summed E-state index contributed by atoms with van der Waals surface area (Å²) < 4.78 is 0. The van der Waals surface area contributed by atoms with E-state index in [0.29, 0.717) is 11.5 Å². The first-order valence-corrected chi connectivity index (χ1v) is 9.86. The number of hydrogen-bond acceptors (Lipinski definition) is 6. The Labute approximate surface area is 159 Å². The molecule has 1 unspecified atom stereocenters. The van der Waals surface area contributed by atoms with Crippen LogP contribution in [-0.2, 0) is 0 Å². The van der Waals surface area contributed by atoms with Gasteiger partial charge < -0.3 is 10.6 Å². The molecule has 0 amide bonds. The first-order chi connectivity index (χ1) is 12.4. The molecule has 0 saturated carbocycles. The molecule has 0 spiro atoms. The van der Waals surface area contributed by atoms with Crippen LogP contribution in [0.25, 0.3) is 5.57 Å². The number of fused-ring (bicyclic) bond motifs is 1. The molecule has 0 fully saturated rings. The zero-order valence-electron chi connectivity index (χ0n) is 15.6. The Morgan fingerprint density at radius 2 is 2.31 bits per heavy atom. The molecule has 0 aliphatic carbocycles. The number of guanidine groups is 1. The molecule has 0 bridgehead atoms. The van der Waals surface area contributed by atoms with Crippen LogP contribution in [-0.4, -0.2) is 40.6 Å². The summed E-state index contributed by atoms with van der Waals surface area (Å²) in [4.78, 5) is 11.5. The lowest BCUT2D eigenvalue weighted by molar-refractivity contribution is 0.411. The van der Waals surface area contributed by atoms with Gasteiger partial charge in [-0.25, -0.2) is 4.99 Å². The second-order valence-corrected chi connectivity index (χ2v) is 8.29. The van der Waals surface area contributed by atoms with Crippen LogP contribution < -0.4 is 5.73 Å². The van der Waals surface area contributed by atoms with Crippen molar-refractivity contribution >= 4 is 29.1 Å². The summed E-state index contributed by atoms with van der Waals surface area (Å²) in [7, 11) is 0. The number of nitrogens with zero attached hydrogens (tertiary/aromatic N) is 4. The molecule has 26 heavy (non-hydrogen) atoms. The number of aliphatic imine (C=N–C) groups is 2. The Hall–Kier alpha value is -2.26. The summed E-state index contributed by atoms with van der Waals surface area (Å²) in [6.45, 7) is 8.22. The Kier molecular flexibility index (Phi) is 5.38. The highest BCUT2D eigenvalue weighted by atomic mass is 32.2. The van der Waals surface area contributed by atoms with Crippen molar-refractivity contribution in [3.8, 4) is 6.07 Å². The van der Waals surface area contributed by atoms with E-state index in [4.69, 9.17) is 16.0 Å². The summed E-state index contributed by atoms with van der Waals surface area (Å²) in [6, 6.07) is 9.89. The quantitative estimate of drug-likeness (QED) is 0.881. The van der Waals surface area contributed by atoms with Gasteiger partial charge in [-0.2, -0.15) is 5.26 Å². The minimum atomic E-state index is -0.271. The SMILES string of the molecule is C/C(=C\SC(C)[C@]1(C)CC2=NCCCN2C(N)=N1)c1cccc(C#N)c1. The van der Waals surface area contributed by atoms with E-state index in [1.165, 1.54) is 0 Å². The predicted molar refractivity (Wildman–Crippen MR) is 110 cm³/mol. The number of amidine groups is 1. The van der Waals surface area contributed by atoms with E-state index in [9.17, 15) is 0 Å². The number of rotatable bonds is 4. The van der Waals surface area contributed by atoms with Crippen LogP contribution in [0.3, 0.4) is 0 Å². The molecule has 0 aromatic heterocycles. The fourth-order valence-electron chi connectivity index (χ4n) is 3.22. The van der Waals surface area contributed by atoms with Gasteiger partial charge in [0.2, 0.25) is 0 Å². The first-order valence-electron chi connectivity index (χ1n) is 8.92. The molecule has 2 aliphatic heterocycles. The van der Waals surface area contributed by atoms with E-state index < -0.39 is 0 Å². The lowest BCUT2D eigenvalue weighted by atomic mass is 9.92. The molecule has 6 heteroatoms. The van der Waals surface area contributed by atoms with Gasteiger partial charge in [-0.15, -0.1) is 11.8 Å². The van der Waals surface area contributed by atoms with E-state index >= 15 is 0 Å². The van der Waals surface area contributed by atoms with Gasteiger partial charge in [-0.1, -0.05) is 19.1 Å². The van der Waals surface area contributed by atoms with Crippen molar-refractivity contribution in [2.24, 2.45) is 15.7 Å². The topological polar surface area (TPSA) is 77.8 Å². The van der Waals surface area contributed by atoms with Gasteiger partial charge in [0.15, 0.2) is 5.96 Å². The molecule has 2 heterocycles. The lowest BCUT2D eigenvalue weighted by Gasteiger charge is -2.41. The van der Waals surface area contributed by atoms with Crippen molar-refractivity contribution in [1.29, 1.82) is 5.26 Å². The maximum Gasteiger partial charge on any atom is 0.197 e. The number of allylic oxidation sites excluding steroid dienone is 1. The Morgan fingerprint density at radius 1 is 1.50 bits per heavy atom. The molecule has 0 radical (unpaired) electrons.